The van der Waals surface area contributed by atoms with Crippen molar-refractivity contribution in [3.05, 3.63) is 27.1 Å². The van der Waals surface area contributed by atoms with E-state index in [0.717, 1.165) is 20.5 Å². The molecule has 1 atom stereocenters. The van der Waals surface area contributed by atoms with Crippen LogP contribution in [0.5, 0.6) is 5.75 Å². The fourth-order valence-corrected chi connectivity index (χ4v) is 8.01. The third-order valence-electron chi connectivity index (χ3n) is 4.89. The Balaban J connectivity index is 2.63. The summed E-state index contributed by atoms with van der Waals surface area (Å²) in [5, 5.41) is 11.6. The Hall–Kier alpha value is -0.360. The molecular weight excluding hydrogens is 421 g/mol. The average Bonchev–Trinajstić information content (AvgIpc) is 2.91. The van der Waals surface area contributed by atoms with Crippen LogP contribution >= 0.6 is 44.7 Å². The van der Waals surface area contributed by atoms with Crippen LogP contribution in [0.25, 0.3) is 11.1 Å². The van der Waals surface area contributed by atoms with Crippen LogP contribution in [0.2, 0.25) is 0 Å². The number of phenolic OH excluding ortho intramolecular Hbond substituents is 1. The molecule has 2 rings (SSSR count). The van der Waals surface area contributed by atoms with E-state index in [4.69, 9.17) is 12.2 Å². The highest BCUT2D eigenvalue weighted by molar-refractivity contribution is 8.03. The number of aromatic hydroxyl groups is 1. The van der Waals surface area contributed by atoms with Crippen molar-refractivity contribution in [3.8, 4) is 16.9 Å². The van der Waals surface area contributed by atoms with Crippen LogP contribution in [0.1, 0.15) is 85.8 Å². The van der Waals surface area contributed by atoms with Crippen LogP contribution in [0.15, 0.2) is 16.3 Å². The van der Waals surface area contributed by atoms with Crippen LogP contribution in [0.4, 0.5) is 0 Å². The lowest BCUT2D eigenvalue weighted by Gasteiger charge is -2.28. The molecule has 1 nitrogen and oxygen atoms in total. The second-order valence-electron chi connectivity index (χ2n) is 9.61. The lowest BCUT2D eigenvalue weighted by atomic mass is 9.78. The SMILES string of the molecule is CCCCC(C)Sc1ssc(=S)c1-c1cc(C(C)(C)C)c(O)c(C(C)(C)C)c1. The van der Waals surface area contributed by atoms with Crippen molar-refractivity contribution in [1.82, 2.24) is 0 Å². The zero-order valence-corrected chi connectivity index (χ0v) is 21.7. The van der Waals surface area contributed by atoms with E-state index in [1.54, 1.807) is 20.7 Å². The second kappa shape index (κ2) is 9.20. The first-order chi connectivity index (χ1) is 12.9. The van der Waals surface area contributed by atoms with Gasteiger partial charge in [0.15, 0.2) is 0 Å². The van der Waals surface area contributed by atoms with E-state index >= 15 is 0 Å². The molecule has 1 aromatic heterocycles. The summed E-state index contributed by atoms with van der Waals surface area (Å²) in [4.78, 5) is 0. The number of benzene rings is 1. The summed E-state index contributed by atoms with van der Waals surface area (Å²) >= 11 is 7.71. The lowest BCUT2D eigenvalue weighted by molar-refractivity contribution is 0.423. The maximum absolute atomic E-state index is 11.0. The Morgan fingerprint density at radius 3 is 2.04 bits per heavy atom. The minimum absolute atomic E-state index is 0.136. The van der Waals surface area contributed by atoms with Crippen molar-refractivity contribution < 1.29 is 5.11 Å². The van der Waals surface area contributed by atoms with Crippen LogP contribution < -0.4 is 0 Å². The van der Waals surface area contributed by atoms with Crippen molar-refractivity contribution in [3.63, 3.8) is 0 Å². The van der Waals surface area contributed by atoms with Crippen molar-refractivity contribution in [2.75, 3.05) is 0 Å². The molecule has 0 aliphatic rings. The normalized spacial score (nSPS) is 13.7. The van der Waals surface area contributed by atoms with Crippen LogP contribution in [-0.2, 0) is 10.8 Å². The molecule has 0 aliphatic heterocycles. The molecule has 0 bridgehead atoms. The first kappa shape index (κ1) is 23.9. The molecule has 28 heavy (non-hydrogen) atoms. The molecule has 0 spiro atoms. The number of phenols is 1. The maximum atomic E-state index is 11.0. The van der Waals surface area contributed by atoms with Gasteiger partial charge in [0.05, 0.1) is 4.21 Å². The molecular formula is C23H34OS4. The minimum atomic E-state index is -0.136. The average molecular weight is 455 g/mol. The molecule has 0 aliphatic carbocycles. The van der Waals surface area contributed by atoms with Crippen molar-refractivity contribution >= 4 is 44.7 Å². The number of rotatable bonds is 6. The zero-order chi connectivity index (χ0) is 21.3. The highest BCUT2D eigenvalue weighted by Gasteiger charge is 2.28. The predicted octanol–water partition coefficient (Wildman–Crippen LogP) is 9.18. The van der Waals surface area contributed by atoms with Crippen LogP contribution in [0.3, 0.4) is 0 Å². The first-order valence-corrected chi connectivity index (χ1v) is 13.5. The third kappa shape index (κ3) is 5.62. The molecule has 0 saturated carbocycles. The lowest BCUT2D eigenvalue weighted by Crippen LogP contribution is -2.17. The molecule has 156 valence electrons. The van der Waals surface area contributed by atoms with Gasteiger partial charge in [-0.05, 0) is 34.9 Å². The summed E-state index contributed by atoms with van der Waals surface area (Å²) in [5.41, 5.74) is 4.06. The largest absolute Gasteiger partial charge is 0.507 e. The Labute approximate surface area is 188 Å². The predicted molar refractivity (Wildman–Crippen MR) is 132 cm³/mol. The molecule has 0 radical (unpaired) electrons. The fraction of sp³-hybridized carbons (Fsp3) is 0.609. The Kier molecular flexibility index (Phi) is 7.85. The van der Waals surface area contributed by atoms with Gasteiger partial charge in [-0.1, -0.05) is 101 Å². The maximum Gasteiger partial charge on any atom is 0.123 e. The molecule has 1 heterocycles. The van der Waals surface area contributed by atoms with Gasteiger partial charge in [0.25, 0.3) is 0 Å². The van der Waals surface area contributed by atoms with Crippen molar-refractivity contribution in [1.29, 1.82) is 0 Å². The van der Waals surface area contributed by atoms with E-state index in [1.807, 2.05) is 11.8 Å². The van der Waals surface area contributed by atoms with Crippen LogP contribution in [-0.4, -0.2) is 10.4 Å². The summed E-state index contributed by atoms with van der Waals surface area (Å²) in [6.07, 6.45) is 3.73. The van der Waals surface area contributed by atoms with Gasteiger partial charge < -0.3 is 5.11 Å². The molecule has 1 aromatic carbocycles. The summed E-state index contributed by atoms with van der Waals surface area (Å²) in [7, 11) is 3.50. The van der Waals surface area contributed by atoms with E-state index in [0.29, 0.717) is 11.0 Å². The van der Waals surface area contributed by atoms with Gasteiger partial charge in [-0.2, -0.15) is 0 Å². The van der Waals surface area contributed by atoms with Gasteiger partial charge in [-0.15, -0.1) is 11.8 Å². The molecule has 1 N–H and O–H groups in total. The highest BCUT2D eigenvalue weighted by atomic mass is 32.9. The second-order valence-corrected chi connectivity index (χ2v) is 14.1. The summed E-state index contributed by atoms with van der Waals surface area (Å²) < 4.78 is 2.28. The number of hydrogen-bond donors (Lipinski definition) is 1. The highest BCUT2D eigenvalue weighted by Crippen LogP contribution is 2.47. The minimum Gasteiger partial charge on any atom is -0.507 e. The molecule has 1 unspecified atom stereocenters. The van der Waals surface area contributed by atoms with E-state index in [9.17, 15) is 5.11 Å². The van der Waals surface area contributed by atoms with Gasteiger partial charge in [0.1, 0.15) is 9.57 Å². The molecule has 0 saturated heterocycles. The summed E-state index contributed by atoms with van der Waals surface area (Å²) in [6, 6.07) is 4.33. The number of thioether (sulfide) groups is 1. The quantitative estimate of drug-likeness (QED) is 0.267. The number of unbranched alkanes of at least 4 members (excludes halogenated alkanes) is 1. The van der Waals surface area contributed by atoms with Gasteiger partial charge >= 0.3 is 0 Å². The Morgan fingerprint density at radius 1 is 1.04 bits per heavy atom. The fourth-order valence-electron chi connectivity index (χ4n) is 3.21. The van der Waals surface area contributed by atoms with Crippen molar-refractivity contribution in [2.45, 2.75) is 94.9 Å². The summed E-state index contributed by atoms with van der Waals surface area (Å²) in [5.74, 6) is 0.430. The summed E-state index contributed by atoms with van der Waals surface area (Å²) in [6.45, 7) is 17.5. The van der Waals surface area contributed by atoms with E-state index in [2.05, 4.69) is 67.5 Å². The van der Waals surface area contributed by atoms with Gasteiger partial charge in [0.2, 0.25) is 0 Å². The van der Waals surface area contributed by atoms with Crippen LogP contribution in [0, 0.1) is 3.82 Å². The molecule has 2 aromatic rings. The smallest absolute Gasteiger partial charge is 0.123 e. The van der Waals surface area contributed by atoms with Gasteiger partial charge in [-0.25, -0.2) is 0 Å². The van der Waals surface area contributed by atoms with Gasteiger partial charge in [0, 0.05) is 21.9 Å². The topological polar surface area (TPSA) is 20.2 Å². The van der Waals surface area contributed by atoms with Crippen molar-refractivity contribution in [2.24, 2.45) is 0 Å². The number of hydrogen-bond acceptors (Lipinski definition) is 5. The van der Waals surface area contributed by atoms with Gasteiger partial charge in [-0.3, -0.25) is 0 Å². The monoisotopic (exact) mass is 454 g/mol. The Bertz CT molecular complexity index is 827. The first-order valence-electron chi connectivity index (χ1n) is 10.0. The molecule has 5 heteroatoms. The molecule has 0 amide bonds. The third-order valence-corrected chi connectivity index (χ3v) is 9.61. The Morgan fingerprint density at radius 2 is 1.57 bits per heavy atom. The molecule has 0 fully saturated rings. The van der Waals surface area contributed by atoms with E-state index < -0.39 is 0 Å². The van der Waals surface area contributed by atoms with E-state index in [1.165, 1.54) is 29.0 Å². The zero-order valence-electron chi connectivity index (χ0n) is 18.4. The standard InChI is InChI=1S/C23H34OS4/c1-9-10-11-14(2)26-21-18(20(25)27-28-21)15-12-16(22(3,4)5)19(24)17(13-15)23(6,7)8/h12-14,24H,9-11H2,1-8H3. The van der Waals surface area contributed by atoms with E-state index in [-0.39, 0.29) is 10.8 Å².